The number of carboxylic acids is 1. The fraction of sp³-hybridized carbons (Fsp3) is 0. The second kappa shape index (κ2) is 3.67. The molecule has 0 radical (unpaired) electrons. The van der Waals surface area contributed by atoms with E-state index in [0.717, 1.165) is 22.6 Å². The van der Waals surface area contributed by atoms with Gasteiger partial charge in [0.15, 0.2) is 4.96 Å². The third kappa shape index (κ3) is 1.68. The van der Waals surface area contributed by atoms with Crippen LogP contribution in [-0.4, -0.2) is 25.4 Å². The van der Waals surface area contributed by atoms with Gasteiger partial charge in [0, 0.05) is 30.4 Å². The first kappa shape index (κ1) is 9.98. The number of nitrogens with zero attached hydrogens (tertiary/aromatic N) is 3. The zero-order valence-electron chi connectivity index (χ0n) is 8.57. The summed E-state index contributed by atoms with van der Waals surface area (Å²) in [6.45, 7) is 0. The van der Waals surface area contributed by atoms with Crippen LogP contribution >= 0.6 is 11.3 Å². The van der Waals surface area contributed by atoms with Gasteiger partial charge in [-0.05, 0) is 12.1 Å². The maximum Gasteiger partial charge on any atom is 0.347 e. The fourth-order valence-corrected chi connectivity index (χ4v) is 2.35. The predicted molar refractivity (Wildman–Crippen MR) is 63.3 cm³/mol. The molecule has 6 heteroatoms. The van der Waals surface area contributed by atoms with Crippen LogP contribution in [0.15, 0.2) is 36.9 Å². The molecule has 0 saturated heterocycles. The van der Waals surface area contributed by atoms with Gasteiger partial charge in [0.2, 0.25) is 0 Å². The maximum atomic E-state index is 10.8. The molecule has 0 aliphatic rings. The number of carbonyl (C=O) groups is 1. The molecular formula is C11H7N3O2S. The van der Waals surface area contributed by atoms with Crippen LogP contribution in [-0.2, 0) is 0 Å². The summed E-state index contributed by atoms with van der Waals surface area (Å²) in [6, 6.07) is 3.75. The minimum absolute atomic E-state index is 0.283. The first-order valence-electron chi connectivity index (χ1n) is 4.86. The number of imidazole rings is 1. The summed E-state index contributed by atoms with van der Waals surface area (Å²) in [5.74, 6) is -0.927. The third-order valence-corrected chi connectivity index (χ3v) is 3.31. The van der Waals surface area contributed by atoms with E-state index in [1.165, 1.54) is 0 Å². The number of rotatable bonds is 2. The van der Waals surface area contributed by atoms with Gasteiger partial charge in [-0.1, -0.05) is 11.3 Å². The van der Waals surface area contributed by atoms with Crippen molar-refractivity contribution in [1.29, 1.82) is 0 Å². The molecule has 84 valence electrons. The van der Waals surface area contributed by atoms with Crippen LogP contribution in [0.5, 0.6) is 0 Å². The highest BCUT2D eigenvalue weighted by Crippen LogP contribution is 2.23. The minimum atomic E-state index is -0.927. The molecule has 0 aromatic carbocycles. The Morgan fingerprint density at radius 2 is 2.29 bits per heavy atom. The van der Waals surface area contributed by atoms with Crippen LogP contribution in [0.1, 0.15) is 9.67 Å². The van der Waals surface area contributed by atoms with Gasteiger partial charge < -0.3 is 5.11 Å². The average Bonchev–Trinajstić information content (AvgIpc) is 2.87. The second-order valence-corrected chi connectivity index (χ2v) is 4.47. The molecule has 0 atom stereocenters. The van der Waals surface area contributed by atoms with Crippen molar-refractivity contribution >= 4 is 22.3 Å². The smallest absolute Gasteiger partial charge is 0.347 e. The van der Waals surface area contributed by atoms with Crippen molar-refractivity contribution in [3.8, 4) is 11.3 Å². The van der Waals surface area contributed by atoms with Crippen molar-refractivity contribution in [3.05, 3.63) is 41.8 Å². The first-order chi connectivity index (χ1) is 8.24. The summed E-state index contributed by atoms with van der Waals surface area (Å²) in [6.07, 6.45) is 6.79. The fourth-order valence-electron chi connectivity index (χ4n) is 1.55. The lowest BCUT2D eigenvalue weighted by molar-refractivity contribution is 0.0702. The lowest BCUT2D eigenvalue weighted by Gasteiger charge is -1.92. The zero-order chi connectivity index (χ0) is 11.8. The molecule has 17 heavy (non-hydrogen) atoms. The Morgan fingerprint density at radius 1 is 1.41 bits per heavy atom. The summed E-state index contributed by atoms with van der Waals surface area (Å²) in [5, 5.41) is 8.85. The molecule has 0 spiro atoms. The van der Waals surface area contributed by atoms with Crippen molar-refractivity contribution < 1.29 is 9.90 Å². The van der Waals surface area contributed by atoms with Gasteiger partial charge in [-0.15, -0.1) is 0 Å². The summed E-state index contributed by atoms with van der Waals surface area (Å²) in [7, 11) is 0. The van der Waals surface area contributed by atoms with Crippen molar-refractivity contribution in [1.82, 2.24) is 14.4 Å². The Bertz CT molecular complexity index is 656. The minimum Gasteiger partial charge on any atom is -0.477 e. The Morgan fingerprint density at radius 3 is 2.94 bits per heavy atom. The van der Waals surface area contributed by atoms with E-state index in [2.05, 4.69) is 9.97 Å². The van der Waals surface area contributed by atoms with Gasteiger partial charge in [-0.2, -0.15) is 0 Å². The largest absolute Gasteiger partial charge is 0.477 e. The van der Waals surface area contributed by atoms with Gasteiger partial charge in [0.25, 0.3) is 0 Å². The zero-order valence-corrected chi connectivity index (χ0v) is 9.39. The summed E-state index contributed by atoms with van der Waals surface area (Å²) < 4.78 is 1.72. The van der Waals surface area contributed by atoms with E-state index in [0.29, 0.717) is 4.96 Å². The first-order valence-corrected chi connectivity index (χ1v) is 5.68. The maximum absolute atomic E-state index is 10.8. The predicted octanol–water partition coefficient (Wildman–Crippen LogP) is 2.16. The van der Waals surface area contributed by atoms with E-state index in [9.17, 15) is 4.79 Å². The van der Waals surface area contributed by atoms with Gasteiger partial charge in [-0.25, -0.2) is 9.78 Å². The van der Waals surface area contributed by atoms with E-state index in [-0.39, 0.29) is 4.88 Å². The van der Waals surface area contributed by atoms with Crippen molar-refractivity contribution in [3.63, 3.8) is 0 Å². The average molecular weight is 245 g/mol. The molecule has 0 aliphatic heterocycles. The number of aromatic carboxylic acids is 1. The Balaban J connectivity index is 2.10. The number of pyridine rings is 1. The van der Waals surface area contributed by atoms with Crippen LogP contribution in [0, 0.1) is 0 Å². The summed E-state index contributed by atoms with van der Waals surface area (Å²) in [5.41, 5.74) is 1.71. The number of fused-ring (bicyclic) bond motifs is 1. The van der Waals surface area contributed by atoms with Crippen LogP contribution in [0.4, 0.5) is 0 Å². The molecular weight excluding hydrogens is 238 g/mol. The van der Waals surface area contributed by atoms with Gasteiger partial charge in [0.1, 0.15) is 4.88 Å². The summed E-state index contributed by atoms with van der Waals surface area (Å²) >= 11 is 1.15. The monoisotopic (exact) mass is 245 g/mol. The van der Waals surface area contributed by atoms with Crippen molar-refractivity contribution in [2.24, 2.45) is 0 Å². The van der Waals surface area contributed by atoms with Crippen molar-refractivity contribution in [2.75, 3.05) is 0 Å². The molecule has 0 amide bonds. The number of hydrogen-bond acceptors (Lipinski definition) is 4. The van der Waals surface area contributed by atoms with Crippen LogP contribution < -0.4 is 0 Å². The van der Waals surface area contributed by atoms with Crippen molar-refractivity contribution in [2.45, 2.75) is 0 Å². The molecule has 0 fully saturated rings. The molecule has 3 heterocycles. The molecule has 1 N–H and O–H groups in total. The van der Waals surface area contributed by atoms with Gasteiger partial charge in [-0.3, -0.25) is 9.38 Å². The number of thiazole rings is 1. The summed E-state index contributed by atoms with van der Waals surface area (Å²) in [4.78, 5) is 20.1. The lowest BCUT2D eigenvalue weighted by atomic mass is 10.2. The van der Waals surface area contributed by atoms with Crippen LogP contribution in [0.3, 0.4) is 0 Å². The molecule has 0 bridgehead atoms. The van der Waals surface area contributed by atoms with Crippen LogP contribution in [0.25, 0.3) is 16.2 Å². The van der Waals surface area contributed by atoms with E-state index in [1.807, 2.05) is 12.1 Å². The SMILES string of the molecule is O=C(O)c1cn2cc(-c3cccnc3)nc2s1. The molecule has 3 rings (SSSR count). The number of aromatic nitrogens is 3. The Labute approximate surface area is 100 Å². The molecule has 5 nitrogen and oxygen atoms in total. The quantitative estimate of drug-likeness (QED) is 0.751. The Hall–Kier alpha value is -2.21. The number of carboxylic acid groups (broad SMARTS) is 1. The molecule has 0 unspecified atom stereocenters. The second-order valence-electron chi connectivity index (χ2n) is 3.46. The number of hydrogen-bond donors (Lipinski definition) is 1. The standard InChI is InChI=1S/C11H7N3O2S/c15-10(16)9-6-14-5-8(13-11(14)17-9)7-2-1-3-12-4-7/h1-6H,(H,15,16). The highest BCUT2D eigenvalue weighted by Gasteiger charge is 2.11. The van der Waals surface area contributed by atoms with Crippen LogP contribution in [0.2, 0.25) is 0 Å². The topological polar surface area (TPSA) is 67.5 Å². The normalized spacial score (nSPS) is 10.8. The van der Waals surface area contributed by atoms with E-state index >= 15 is 0 Å². The molecule has 0 aliphatic carbocycles. The van der Waals surface area contributed by atoms with E-state index in [1.54, 1.807) is 29.2 Å². The molecule has 0 saturated carbocycles. The molecule has 3 aromatic heterocycles. The highest BCUT2D eigenvalue weighted by molar-refractivity contribution is 7.18. The van der Waals surface area contributed by atoms with Gasteiger partial charge >= 0.3 is 5.97 Å². The lowest BCUT2D eigenvalue weighted by Crippen LogP contribution is -1.90. The van der Waals surface area contributed by atoms with Gasteiger partial charge in [0.05, 0.1) is 5.69 Å². The van der Waals surface area contributed by atoms with E-state index in [4.69, 9.17) is 5.11 Å². The van der Waals surface area contributed by atoms with E-state index < -0.39 is 5.97 Å². The highest BCUT2D eigenvalue weighted by atomic mass is 32.1. The molecule has 3 aromatic rings. The third-order valence-electron chi connectivity index (χ3n) is 2.32. The Kier molecular flexibility index (Phi) is 2.15.